The summed E-state index contributed by atoms with van der Waals surface area (Å²) in [5.41, 5.74) is 0.820. The monoisotopic (exact) mass is 444 g/mol. The fourth-order valence-electron chi connectivity index (χ4n) is 10.00. The molecule has 0 aromatic heterocycles. The minimum atomic E-state index is -0.131. The van der Waals surface area contributed by atoms with Crippen molar-refractivity contribution in [2.24, 2.45) is 46.3 Å². The first-order valence-electron chi connectivity index (χ1n) is 14.0. The number of carbonyl (C=O) groups excluding carboxylic acids is 1. The van der Waals surface area contributed by atoms with Gasteiger partial charge in [-0.15, -0.1) is 0 Å². The van der Waals surface area contributed by atoms with Crippen LogP contribution in [0.25, 0.3) is 0 Å². The molecule has 0 aromatic rings. The van der Waals surface area contributed by atoms with E-state index in [9.17, 15) is 4.79 Å². The van der Waals surface area contributed by atoms with Gasteiger partial charge < -0.3 is 9.47 Å². The summed E-state index contributed by atoms with van der Waals surface area (Å²) in [5, 5.41) is 0. The number of ether oxygens (including phenoxy) is 2. The minimum absolute atomic E-state index is 0.00240. The maximum absolute atomic E-state index is 11.6. The second-order valence-electron chi connectivity index (χ2n) is 13.5. The highest BCUT2D eigenvalue weighted by atomic mass is 16.6. The van der Waals surface area contributed by atoms with E-state index in [0.29, 0.717) is 11.5 Å². The lowest BCUT2D eigenvalue weighted by atomic mass is 9.44. The summed E-state index contributed by atoms with van der Waals surface area (Å²) in [7, 11) is 0. The van der Waals surface area contributed by atoms with Crippen LogP contribution in [0.5, 0.6) is 0 Å². The number of epoxide rings is 1. The second kappa shape index (κ2) is 7.99. The fourth-order valence-corrected chi connectivity index (χ4v) is 10.00. The normalized spacial score (nSPS) is 50.1. The molecule has 3 nitrogen and oxygen atoms in total. The van der Waals surface area contributed by atoms with Crippen molar-refractivity contribution in [3.05, 3.63) is 0 Å². The van der Waals surface area contributed by atoms with Crippen molar-refractivity contribution in [3.63, 3.8) is 0 Å². The molecule has 5 aliphatic rings. The molecule has 32 heavy (non-hydrogen) atoms. The van der Waals surface area contributed by atoms with Crippen LogP contribution in [0.3, 0.4) is 0 Å². The van der Waals surface area contributed by atoms with Gasteiger partial charge in [-0.1, -0.05) is 53.9 Å². The lowest BCUT2D eigenvalue weighted by Crippen LogP contribution is -2.59. The SMILES string of the molecule is CC(=O)O[C@H]1CC[C@]2(C)[C@H]3CC[C@]4(C)[C@@H]([C@H](C)CCCC(C)C)CC[C@H]4[C@@H]3C[C@@H]3OC32C1. The molecule has 0 amide bonds. The third kappa shape index (κ3) is 3.42. The molecule has 10 atom stereocenters. The molecule has 1 aliphatic heterocycles. The Morgan fingerprint density at radius 1 is 1.03 bits per heavy atom. The van der Waals surface area contributed by atoms with Crippen LogP contribution in [0, 0.1) is 46.3 Å². The quantitative estimate of drug-likeness (QED) is 0.322. The van der Waals surface area contributed by atoms with Gasteiger partial charge in [0.05, 0.1) is 6.10 Å². The van der Waals surface area contributed by atoms with Crippen molar-refractivity contribution < 1.29 is 14.3 Å². The van der Waals surface area contributed by atoms with Crippen molar-refractivity contribution in [1.29, 1.82) is 0 Å². The van der Waals surface area contributed by atoms with Crippen molar-refractivity contribution >= 4 is 5.97 Å². The largest absolute Gasteiger partial charge is 0.462 e. The first kappa shape index (κ1) is 23.2. The summed E-state index contributed by atoms with van der Waals surface area (Å²) < 4.78 is 12.3. The molecule has 1 saturated heterocycles. The van der Waals surface area contributed by atoms with Gasteiger partial charge in [-0.25, -0.2) is 0 Å². The first-order valence-corrected chi connectivity index (χ1v) is 14.0. The molecule has 182 valence electrons. The molecule has 3 heteroatoms. The Morgan fingerprint density at radius 3 is 2.53 bits per heavy atom. The van der Waals surface area contributed by atoms with Gasteiger partial charge in [0, 0.05) is 18.8 Å². The Labute approximate surface area is 196 Å². The van der Waals surface area contributed by atoms with E-state index in [1.807, 2.05) is 0 Å². The molecule has 1 unspecified atom stereocenters. The van der Waals surface area contributed by atoms with Gasteiger partial charge >= 0.3 is 5.97 Å². The standard InChI is InChI=1S/C29H48O3/c1-18(2)8-7-9-19(3)23-10-11-24-22-16-26-29(32-26)17-21(31-20(4)30)12-15-28(29,6)25(22)13-14-27(23,24)5/h18-19,21-26H,7-17H2,1-6H3/t19-,21+,22+,23-,24+,25+,26+,27-,28-,29?/m1/s1. The first-order chi connectivity index (χ1) is 15.1. The predicted octanol–water partition coefficient (Wildman–Crippen LogP) is 7.17. The molecule has 0 radical (unpaired) electrons. The highest BCUT2D eigenvalue weighted by Gasteiger charge is 2.76. The van der Waals surface area contributed by atoms with Gasteiger partial charge in [-0.2, -0.15) is 0 Å². The summed E-state index contributed by atoms with van der Waals surface area (Å²) >= 11 is 0. The van der Waals surface area contributed by atoms with E-state index in [1.165, 1.54) is 57.8 Å². The molecular weight excluding hydrogens is 396 g/mol. The second-order valence-corrected chi connectivity index (χ2v) is 13.5. The molecule has 0 N–H and O–H groups in total. The summed E-state index contributed by atoms with van der Waals surface area (Å²) in [5.74, 6) is 5.03. The van der Waals surface area contributed by atoms with Crippen LogP contribution in [-0.2, 0) is 14.3 Å². The molecule has 1 heterocycles. The average Bonchev–Trinajstić information content (AvgIpc) is 3.28. The zero-order valence-electron chi connectivity index (χ0n) is 21.6. The van der Waals surface area contributed by atoms with Gasteiger partial charge in [0.2, 0.25) is 0 Å². The Kier molecular flexibility index (Phi) is 5.79. The number of fused-ring (bicyclic) bond motifs is 4. The van der Waals surface area contributed by atoms with Crippen molar-refractivity contribution in [3.8, 4) is 0 Å². The van der Waals surface area contributed by atoms with E-state index in [1.54, 1.807) is 6.92 Å². The third-order valence-corrected chi connectivity index (χ3v) is 11.6. The van der Waals surface area contributed by atoms with Crippen molar-refractivity contribution in [1.82, 2.24) is 0 Å². The predicted molar refractivity (Wildman–Crippen MR) is 128 cm³/mol. The summed E-state index contributed by atoms with van der Waals surface area (Å²) in [6, 6.07) is 0. The van der Waals surface area contributed by atoms with E-state index >= 15 is 0 Å². The van der Waals surface area contributed by atoms with E-state index in [4.69, 9.17) is 9.47 Å². The zero-order chi connectivity index (χ0) is 22.9. The number of hydrogen-bond acceptors (Lipinski definition) is 3. The molecule has 0 bridgehead atoms. The smallest absolute Gasteiger partial charge is 0.302 e. The summed E-state index contributed by atoms with van der Waals surface area (Å²) in [6.45, 7) is 14.1. The van der Waals surface area contributed by atoms with Gasteiger partial charge in [0.25, 0.3) is 0 Å². The number of carbonyl (C=O) groups is 1. The number of hydrogen-bond donors (Lipinski definition) is 0. The minimum Gasteiger partial charge on any atom is -0.462 e. The van der Waals surface area contributed by atoms with Crippen LogP contribution in [0.1, 0.15) is 112 Å². The molecule has 1 spiro atoms. The van der Waals surface area contributed by atoms with Gasteiger partial charge in [-0.3, -0.25) is 4.79 Å². The van der Waals surface area contributed by atoms with Gasteiger partial charge in [-0.05, 0) is 85.9 Å². The van der Waals surface area contributed by atoms with Gasteiger partial charge in [0.1, 0.15) is 11.7 Å². The van der Waals surface area contributed by atoms with Crippen LogP contribution in [0.4, 0.5) is 0 Å². The molecule has 4 saturated carbocycles. The van der Waals surface area contributed by atoms with Crippen LogP contribution in [0.2, 0.25) is 0 Å². The number of esters is 1. The average molecular weight is 445 g/mol. The van der Waals surface area contributed by atoms with E-state index in [2.05, 4.69) is 34.6 Å². The summed E-state index contributed by atoms with van der Waals surface area (Å²) in [4.78, 5) is 11.6. The molecule has 5 rings (SSSR count). The van der Waals surface area contributed by atoms with E-state index < -0.39 is 0 Å². The van der Waals surface area contributed by atoms with Crippen LogP contribution in [0.15, 0.2) is 0 Å². The zero-order valence-corrected chi connectivity index (χ0v) is 21.6. The Hall–Kier alpha value is -0.570. The maximum atomic E-state index is 11.6. The molecular formula is C29H48O3. The third-order valence-electron chi connectivity index (χ3n) is 11.6. The van der Waals surface area contributed by atoms with Crippen LogP contribution < -0.4 is 0 Å². The van der Waals surface area contributed by atoms with Crippen LogP contribution >= 0.6 is 0 Å². The Balaban J connectivity index is 1.30. The molecule has 4 aliphatic carbocycles. The van der Waals surface area contributed by atoms with E-state index in [0.717, 1.165) is 48.3 Å². The topological polar surface area (TPSA) is 38.8 Å². The lowest BCUT2D eigenvalue weighted by Gasteiger charge is -2.59. The van der Waals surface area contributed by atoms with Crippen molar-refractivity contribution in [2.45, 2.75) is 130 Å². The maximum Gasteiger partial charge on any atom is 0.302 e. The Morgan fingerprint density at radius 2 is 1.81 bits per heavy atom. The van der Waals surface area contributed by atoms with Crippen molar-refractivity contribution in [2.75, 3.05) is 0 Å². The fraction of sp³-hybridized carbons (Fsp3) is 0.966. The van der Waals surface area contributed by atoms with Crippen LogP contribution in [-0.4, -0.2) is 23.8 Å². The van der Waals surface area contributed by atoms with Gasteiger partial charge in [0.15, 0.2) is 0 Å². The highest BCUT2D eigenvalue weighted by molar-refractivity contribution is 5.66. The Bertz CT molecular complexity index is 732. The van der Waals surface area contributed by atoms with E-state index in [-0.39, 0.29) is 23.1 Å². The highest BCUT2D eigenvalue weighted by Crippen LogP contribution is 2.74. The number of rotatable bonds is 6. The lowest BCUT2D eigenvalue weighted by molar-refractivity contribution is -0.157. The molecule has 0 aromatic carbocycles. The summed E-state index contributed by atoms with van der Waals surface area (Å²) in [6.07, 6.45) is 14.8. The molecule has 5 fully saturated rings.